The second kappa shape index (κ2) is 7.15. The van der Waals surface area contributed by atoms with E-state index in [1.54, 1.807) is 13.8 Å². The molecule has 1 fully saturated rings. The second-order valence-corrected chi connectivity index (χ2v) is 9.41. The highest BCUT2D eigenvalue weighted by Crippen LogP contribution is 2.42. The Morgan fingerprint density at radius 1 is 1.10 bits per heavy atom. The number of carbonyl (C=O) groups is 1. The molecule has 0 bridgehead atoms. The van der Waals surface area contributed by atoms with Gasteiger partial charge in [-0.3, -0.25) is 9.69 Å². The Morgan fingerprint density at radius 3 is 2.41 bits per heavy atom. The normalized spacial score (nSPS) is 19.4. The van der Waals surface area contributed by atoms with Crippen LogP contribution < -0.4 is 0 Å². The molecule has 0 atom stereocenters. The van der Waals surface area contributed by atoms with Crippen LogP contribution in [-0.4, -0.2) is 52.1 Å². The van der Waals surface area contributed by atoms with E-state index >= 15 is 0 Å². The summed E-state index contributed by atoms with van der Waals surface area (Å²) >= 11 is 6.39. The first kappa shape index (κ1) is 20.5. The third-order valence-corrected chi connectivity index (χ3v) is 7.13. The summed E-state index contributed by atoms with van der Waals surface area (Å²) in [7, 11) is 2.18. The van der Waals surface area contributed by atoms with E-state index in [0.717, 1.165) is 55.3 Å². The number of amides is 1. The number of aliphatic hydroxyl groups is 1. The Kier molecular flexibility index (Phi) is 5.04. The Morgan fingerprint density at radius 2 is 1.79 bits per heavy atom. The fraction of sp³-hybridized carbons (Fsp3) is 0.522. The van der Waals surface area contributed by atoms with Crippen molar-refractivity contribution in [3.8, 4) is 0 Å². The average molecular weight is 416 g/mol. The standard InChI is InChI=1S/C23H30ClN3O2/c1-16-15-17(5-6-18(16)22(2,3)29)21(28)26-11-9-23(10-12-26)19-7-8-20(24)27(19)14-13-25(23)4/h5-8,15,29H,9-14H2,1-4H3. The van der Waals surface area contributed by atoms with Gasteiger partial charge in [-0.15, -0.1) is 0 Å². The zero-order chi connectivity index (χ0) is 21.0. The summed E-state index contributed by atoms with van der Waals surface area (Å²) in [6, 6.07) is 9.75. The van der Waals surface area contributed by atoms with E-state index in [0.29, 0.717) is 5.56 Å². The number of aromatic nitrogens is 1. The molecule has 0 saturated carbocycles. The van der Waals surface area contributed by atoms with Gasteiger partial charge in [0.25, 0.3) is 5.91 Å². The molecule has 156 valence electrons. The van der Waals surface area contributed by atoms with Gasteiger partial charge in [-0.1, -0.05) is 17.7 Å². The minimum absolute atomic E-state index is 0.0527. The van der Waals surface area contributed by atoms with E-state index in [-0.39, 0.29) is 11.4 Å². The van der Waals surface area contributed by atoms with E-state index < -0.39 is 5.60 Å². The third-order valence-electron chi connectivity index (χ3n) is 6.80. The summed E-state index contributed by atoms with van der Waals surface area (Å²) < 4.78 is 2.22. The number of halogens is 1. The molecule has 3 heterocycles. The van der Waals surface area contributed by atoms with Crippen LogP contribution >= 0.6 is 11.6 Å². The number of likely N-dealkylation sites (N-methyl/N-ethyl adjacent to an activating group) is 1. The van der Waals surface area contributed by atoms with Crippen molar-refractivity contribution in [2.75, 3.05) is 26.7 Å². The molecule has 5 nitrogen and oxygen atoms in total. The topological polar surface area (TPSA) is 48.7 Å². The Balaban J connectivity index is 1.53. The molecule has 1 amide bonds. The first-order valence-electron chi connectivity index (χ1n) is 10.3. The number of nitrogens with zero attached hydrogens (tertiary/aromatic N) is 3. The molecule has 1 aromatic heterocycles. The number of benzene rings is 1. The monoisotopic (exact) mass is 415 g/mol. The minimum Gasteiger partial charge on any atom is -0.386 e. The van der Waals surface area contributed by atoms with Crippen LogP contribution in [0.4, 0.5) is 0 Å². The van der Waals surface area contributed by atoms with Crippen LogP contribution in [0.25, 0.3) is 0 Å². The molecular formula is C23H30ClN3O2. The van der Waals surface area contributed by atoms with Crippen LogP contribution in [0.5, 0.6) is 0 Å². The zero-order valence-corrected chi connectivity index (χ0v) is 18.5. The Bertz CT molecular complexity index is 936. The van der Waals surface area contributed by atoms with Crippen LogP contribution in [-0.2, 0) is 17.7 Å². The van der Waals surface area contributed by atoms with Gasteiger partial charge in [0.2, 0.25) is 0 Å². The van der Waals surface area contributed by atoms with Crippen LogP contribution in [0.1, 0.15) is 53.9 Å². The van der Waals surface area contributed by atoms with Crippen molar-refractivity contribution >= 4 is 17.5 Å². The fourth-order valence-electron chi connectivity index (χ4n) is 5.12. The molecule has 6 heteroatoms. The maximum absolute atomic E-state index is 13.1. The number of fused-ring (bicyclic) bond motifs is 2. The van der Waals surface area contributed by atoms with Crippen molar-refractivity contribution in [3.05, 3.63) is 57.9 Å². The Labute approximate surface area is 177 Å². The lowest BCUT2D eigenvalue weighted by atomic mass is 9.81. The Hall–Kier alpha value is -1.82. The van der Waals surface area contributed by atoms with E-state index in [1.165, 1.54) is 5.69 Å². The SMILES string of the molecule is Cc1cc(C(=O)N2CCC3(CC2)c2ccc(Cl)n2CCN3C)ccc1C(C)(C)O. The van der Waals surface area contributed by atoms with Crippen LogP contribution in [0, 0.1) is 6.92 Å². The molecule has 0 radical (unpaired) electrons. The summed E-state index contributed by atoms with van der Waals surface area (Å²) in [5, 5.41) is 11.1. The van der Waals surface area contributed by atoms with Gasteiger partial charge in [0.15, 0.2) is 0 Å². The van der Waals surface area contributed by atoms with Crippen molar-refractivity contribution < 1.29 is 9.90 Å². The molecule has 29 heavy (non-hydrogen) atoms. The molecule has 0 aliphatic carbocycles. The number of rotatable bonds is 2. The number of piperidine rings is 1. The van der Waals surface area contributed by atoms with Gasteiger partial charge in [-0.2, -0.15) is 0 Å². The largest absolute Gasteiger partial charge is 0.386 e. The van der Waals surface area contributed by atoms with Gasteiger partial charge in [-0.25, -0.2) is 0 Å². The first-order valence-corrected chi connectivity index (χ1v) is 10.7. The molecular weight excluding hydrogens is 386 g/mol. The molecule has 2 aliphatic heterocycles. The van der Waals surface area contributed by atoms with E-state index in [9.17, 15) is 9.90 Å². The molecule has 2 aromatic rings. The summed E-state index contributed by atoms with van der Waals surface area (Å²) in [6.45, 7) is 8.80. The van der Waals surface area contributed by atoms with Crippen molar-refractivity contribution in [3.63, 3.8) is 0 Å². The molecule has 4 rings (SSSR count). The van der Waals surface area contributed by atoms with Crippen molar-refractivity contribution in [2.24, 2.45) is 0 Å². The maximum atomic E-state index is 13.1. The zero-order valence-electron chi connectivity index (χ0n) is 17.7. The highest BCUT2D eigenvalue weighted by Gasteiger charge is 2.44. The predicted molar refractivity (Wildman–Crippen MR) is 115 cm³/mol. The second-order valence-electron chi connectivity index (χ2n) is 9.03. The van der Waals surface area contributed by atoms with E-state index in [4.69, 9.17) is 11.6 Å². The number of hydrogen-bond donors (Lipinski definition) is 1. The lowest BCUT2D eigenvalue weighted by Gasteiger charge is -2.50. The van der Waals surface area contributed by atoms with Gasteiger partial charge < -0.3 is 14.6 Å². The van der Waals surface area contributed by atoms with Gasteiger partial charge >= 0.3 is 0 Å². The molecule has 1 saturated heterocycles. The summed E-state index contributed by atoms with van der Waals surface area (Å²) in [5.41, 5.74) is 2.79. The van der Waals surface area contributed by atoms with Crippen molar-refractivity contribution in [1.29, 1.82) is 0 Å². The molecule has 1 aromatic carbocycles. The van der Waals surface area contributed by atoms with Crippen molar-refractivity contribution in [2.45, 2.75) is 51.3 Å². The fourth-order valence-corrected chi connectivity index (χ4v) is 5.36. The predicted octanol–water partition coefficient (Wildman–Crippen LogP) is 3.75. The highest BCUT2D eigenvalue weighted by atomic mass is 35.5. The third kappa shape index (κ3) is 3.39. The average Bonchev–Trinajstić information content (AvgIpc) is 3.05. The highest BCUT2D eigenvalue weighted by molar-refractivity contribution is 6.29. The molecule has 0 unspecified atom stereocenters. The summed E-state index contributed by atoms with van der Waals surface area (Å²) in [4.78, 5) is 17.5. The summed E-state index contributed by atoms with van der Waals surface area (Å²) in [5.74, 6) is 0.0668. The van der Waals surface area contributed by atoms with Crippen LogP contribution in [0.2, 0.25) is 5.15 Å². The van der Waals surface area contributed by atoms with E-state index in [1.807, 2.05) is 36.1 Å². The lowest BCUT2D eigenvalue weighted by Crippen LogP contribution is -2.56. The minimum atomic E-state index is -0.912. The van der Waals surface area contributed by atoms with Crippen molar-refractivity contribution in [1.82, 2.24) is 14.4 Å². The number of aryl methyl sites for hydroxylation is 1. The number of hydrogen-bond acceptors (Lipinski definition) is 3. The van der Waals surface area contributed by atoms with Crippen LogP contribution in [0.3, 0.4) is 0 Å². The number of carbonyl (C=O) groups excluding carboxylic acids is 1. The van der Waals surface area contributed by atoms with Gasteiger partial charge in [0.05, 0.1) is 11.1 Å². The van der Waals surface area contributed by atoms with Gasteiger partial charge in [0.1, 0.15) is 5.15 Å². The van der Waals surface area contributed by atoms with Crippen LogP contribution in [0.15, 0.2) is 30.3 Å². The lowest BCUT2D eigenvalue weighted by molar-refractivity contribution is 0.0131. The van der Waals surface area contributed by atoms with Gasteiger partial charge in [-0.05, 0) is 76.1 Å². The number of likely N-dealkylation sites (tertiary alicyclic amines) is 1. The molecule has 2 aliphatic rings. The summed E-state index contributed by atoms with van der Waals surface area (Å²) in [6.07, 6.45) is 1.80. The quantitative estimate of drug-likeness (QED) is 0.812. The smallest absolute Gasteiger partial charge is 0.253 e. The molecule has 1 spiro atoms. The molecule has 1 N–H and O–H groups in total. The van der Waals surface area contributed by atoms with E-state index in [2.05, 4.69) is 22.6 Å². The maximum Gasteiger partial charge on any atom is 0.253 e. The van der Waals surface area contributed by atoms with Gasteiger partial charge in [0, 0.05) is 37.4 Å². The first-order chi connectivity index (χ1) is 13.6.